The van der Waals surface area contributed by atoms with Gasteiger partial charge in [-0.1, -0.05) is 33.1 Å². The van der Waals surface area contributed by atoms with Crippen LogP contribution in [0.4, 0.5) is 0 Å². The quantitative estimate of drug-likeness (QED) is 0.571. The van der Waals surface area contributed by atoms with Gasteiger partial charge in [-0.25, -0.2) is 0 Å². The van der Waals surface area contributed by atoms with E-state index in [0.717, 1.165) is 23.0 Å². The Balaban J connectivity index is 2.61. The first-order valence-corrected chi connectivity index (χ1v) is 7.57. The molecule has 0 aliphatic rings. The minimum Gasteiger partial charge on any atom is -0.271 e. The standard InChI is InChI=1S/C14H24BrN3/c1-3-5-6-11(4-2)14(18-16)9-13-8-7-12(15)10-17-13/h7-8,10-11,14,18H,3-6,9,16H2,1-2H3. The average molecular weight is 314 g/mol. The van der Waals surface area contributed by atoms with E-state index >= 15 is 0 Å². The maximum atomic E-state index is 5.71. The van der Waals surface area contributed by atoms with Crippen molar-refractivity contribution in [3.05, 3.63) is 28.5 Å². The lowest BCUT2D eigenvalue weighted by Gasteiger charge is -2.25. The molecule has 1 heterocycles. The van der Waals surface area contributed by atoms with E-state index in [4.69, 9.17) is 5.84 Å². The second-order valence-corrected chi connectivity index (χ2v) is 5.67. The van der Waals surface area contributed by atoms with Gasteiger partial charge in [-0.05, 0) is 40.4 Å². The molecule has 0 fully saturated rings. The molecule has 4 heteroatoms. The summed E-state index contributed by atoms with van der Waals surface area (Å²) < 4.78 is 1.02. The van der Waals surface area contributed by atoms with E-state index in [9.17, 15) is 0 Å². The Hall–Kier alpha value is -0.450. The van der Waals surface area contributed by atoms with Gasteiger partial charge in [-0.3, -0.25) is 16.3 Å². The third-order valence-electron chi connectivity index (χ3n) is 3.45. The molecule has 1 rings (SSSR count). The van der Waals surface area contributed by atoms with Gasteiger partial charge in [0.1, 0.15) is 0 Å². The summed E-state index contributed by atoms with van der Waals surface area (Å²) in [6, 6.07) is 4.40. The lowest BCUT2D eigenvalue weighted by molar-refractivity contribution is 0.317. The van der Waals surface area contributed by atoms with Crippen molar-refractivity contribution in [1.82, 2.24) is 10.4 Å². The molecule has 0 radical (unpaired) electrons. The number of hydrogen-bond donors (Lipinski definition) is 2. The zero-order valence-corrected chi connectivity index (χ0v) is 12.9. The summed E-state index contributed by atoms with van der Waals surface area (Å²) in [5.74, 6) is 6.34. The van der Waals surface area contributed by atoms with Gasteiger partial charge in [0.25, 0.3) is 0 Å². The van der Waals surface area contributed by atoms with E-state index in [1.807, 2.05) is 12.3 Å². The summed E-state index contributed by atoms with van der Waals surface area (Å²) >= 11 is 3.40. The van der Waals surface area contributed by atoms with E-state index in [1.54, 1.807) is 0 Å². The van der Waals surface area contributed by atoms with Gasteiger partial charge in [0.05, 0.1) is 0 Å². The van der Waals surface area contributed by atoms with Crippen molar-refractivity contribution in [2.24, 2.45) is 11.8 Å². The van der Waals surface area contributed by atoms with Crippen LogP contribution >= 0.6 is 15.9 Å². The van der Waals surface area contributed by atoms with Crippen molar-refractivity contribution < 1.29 is 0 Å². The Labute approximate surface area is 119 Å². The van der Waals surface area contributed by atoms with E-state index in [0.29, 0.717) is 12.0 Å². The van der Waals surface area contributed by atoms with Crippen LogP contribution in [0.1, 0.15) is 45.2 Å². The summed E-state index contributed by atoms with van der Waals surface area (Å²) in [4.78, 5) is 4.42. The van der Waals surface area contributed by atoms with Gasteiger partial charge in [0, 0.05) is 28.8 Å². The van der Waals surface area contributed by atoms with Gasteiger partial charge in [0.2, 0.25) is 0 Å². The number of halogens is 1. The number of hydrogen-bond acceptors (Lipinski definition) is 3. The maximum absolute atomic E-state index is 5.71. The largest absolute Gasteiger partial charge is 0.271 e. The van der Waals surface area contributed by atoms with Crippen molar-refractivity contribution in [2.45, 2.75) is 52.0 Å². The number of unbranched alkanes of at least 4 members (excludes halogenated alkanes) is 1. The Bertz CT molecular complexity index is 326. The van der Waals surface area contributed by atoms with Crippen LogP contribution in [0.15, 0.2) is 22.8 Å². The SMILES string of the molecule is CCCCC(CC)C(Cc1ccc(Br)cn1)NN. The van der Waals surface area contributed by atoms with Crippen molar-refractivity contribution in [2.75, 3.05) is 0 Å². The van der Waals surface area contributed by atoms with Crippen LogP contribution in [0.5, 0.6) is 0 Å². The normalized spacial score (nSPS) is 14.4. The highest BCUT2D eigenvalue weighted by Crippen LogP contribution is 2.19. The topological polar surface area (TPSA) is 50.9 Å². The van der Waals surface area contributed by atoms with Gasteiger partial charge in [-0.15, -0.1) is 0 Å². The summed E-state index contributed by atoms with van der Waals surface area (Å²) in [5.41, 5.74) is 4.07. The molecule has 0 saturated carbocycles. The molecule has 2 unspecified atom stereocenters. The van der Waals surface area contributed by atoms with Gasteiger partial charge in [-0.2, -0.15) is 0 Å². The highest BCUT2D eigenvalue weighted by Gasteiger charge is 2.19. The molecule has 0 bridgehead atoms. The zero-order valence-electron chi connectivity index (χ0n) is 11.3. The predicted octanol–water partition coefficient (Wildman–Crippen LogP) is 3.43. The van der Waals surface area contributed by atoms with Crippen molar-refractivity contribution in [3.8, 4) is 0 Å². The Morgan fingerprint density at radius 1 is 1.39 bits per heavy atom. The first-order valence-electron chi connectivity index (χ1n) is 6.77. The molecule has 1 aromatic rings. The lowest BCUT2D eigenvalue weighted by atomic mass is 9.89. The molecule has 0 aliphatic heterocycles. The summed E-state index contributed by atoms with van der Waals surface area (Å²) in [6.45, 7) is 4.47. The highest BCUT2D eigenvalue weighted by atomic mass is 79.9. The minimum atomic E-state index is 0.315. The zero-order chi connectivity index (χ0) is 13.4. The molecule has 3 N–H and O–H groups in total. The number of rotatable bonds is 8. The molecular formula is C14H24BrN3. The van der Waals surface area contributed by atoms with Gasteiger partial charge < -0.3 is 0 Å². The lowest BCUT2D eigenvalue weighted by Crippen LogP contribution is -2.42. The summed E-state index contributed by atoms with van der Waals surface area (Å²) in [7, 11) is 0. The summed E-state index contributed by atoms with van der Waals surface area (Å²) in [5, 5.41) is 0. The average Bonchev–Trinajstić information content (AvgIpc) is 2.40. The first kappa shape index (κ1) is 15.6. The molecule has 1 aromatic heterocycles. The van der Waals surface area contributed by atoms with Crippen molar-refractivity contribution >= 4 is 15.9 Å². The molecular weight excluding hydrogens is 290 g/mol. The van der Waals surface area contributed by atoms with Crippen LogP contribution in [-0.2, 0) is 6.42 Å². The van der Waals surface area contributed by atoms with Crippen LogP contribution in [-0.4, -0.2) is 11.0 Å². The maximum Gasteiger partial charge on any atom is 0.0420 e. The summed E-state index contributed by atoms with van der Waals surface area (Å²) in [6.07, 6.45) is 7.64. The first-order chi connectivity index (χ1) is 8.71. The van der Waals surface area contributed by atoms with Gasteiger partial charge in [0.15, 0.2) is 0 Å². The second kappa shape index (κ2) is 8.62. The molecule has 18 heavy (non-hydrogen) atoms. The van der Waals surface area contributed by atoms with Gasteiger partial charge >= 0.3 is 0 Å². The van der Waals surface area contributed by atoms with E-state index in [-0.39, 0.29) is 0 Å². The number of aromatic nitrogens is 1. The van der Waals surface area contributed by atoms with E-state index in [2.05, 4.69) is 46.3 Å². The van der Waals surface area contributed by atoms with Crippen LogP contribution < -0.4 is 11.3 Å². The van der Waals surface area contributed by atoms with Crippen LogP contribution in [0.3, 0.4) is 0 Å². The molecule has 0 aliphatic carbocycles. The molecule has 0 amide bonds. The third kappa shape index (κ3) is 5.04. The smallest absolute Gasteiger partial charge is 0.0420 e. The molecule has 2 atom stereocenters. The Morgan fingerprint density at radius 2 is 2.17 bits per heavy atom. The van der Waals surface area contributed by atoms with Crippen LogP contribution in [0, 0.1) is 5.92 Å². The fourth-order valence-electron chi connectivity index (χ4n) is 2.27. The monoisotopic (exact) mass is 313 g/mol. The molecule has 3 nitrogen and oxygen atoms in total. The predicted molar refractivity (Wildman–Crippen MR) is 80.1 cm³/mol. The molecule has 0 aromatic carbocycles. The Morgan fingerprint density at radius 3 is 2.67 bits per heavy atom. The number of hydrazine groups is 1. The number of nitrogens with one attached hydrogen (secondary N) is 1. The van der Waals surface area contributed by atoms with Crippen molar-refractivity contribution in [1.29, 1.82) is 0 Å². The molecule has 102 valence electrons. The number of nitrogens with two attached hydrogens (primary N) is 1. The van der Waals surface area contributed by atoms with Crippen LogP contribution in [0.25, 0.3) is 0 Å². The number of nitrogens with zero attached hydrogens (tertiary/aromatic N) is 1. The van der Waals surface area contributed by atoms with Crippen LogP contribution in [0.2, 0.25) is 0 Å². The van der Waals surface area contributed by atoms with Crippen molar-refractivity contribution in [3.63, 3.8) is 0 Å². The highest BCUT2D eigenvalue weighted by molar-refractivity contribution is 9.10. The Kier molecular flexibility index (Phi) is 7.47. The van der Waals surface area contributed by atoms with E-state index < -0.39 is 0 Å². The fourth-order valence-corrected chi connectivity index (χ4v) is 2.50. The fraction of sp³-hybridized carbons (Fsp3) is 0.643. The second-order valence-electron chi connectivity index (χ2n) is 4.76. The third-order valence-corrected chi connectivity index (χ3v) is 3.92. The molecule has 0 spiro atoms. The number of pyridine rings is 1. The molecule has 0 saturated heterocycles. The minimum absolute atomic E-state index is 0.315. The van der Waals surface area contributed by atoms with E-state index in [1.165, 1.54) is 19.3 Å².